The Bertz CT molecular complexity index is 308. The maximum atomic E-state index is 11.3. The summed E-state index contributed by atoms with van der Waals surface area (Å²) in [5, 5.41) is 2.74. The number of primary amides is 1. The maximum Gasteiger partial charge on any atom is 0.235 e. The van der Waals surface area contributed by atoms with Gasteiger partial charge in [0.15, 0.2) is 0 Å². The molecule has 1 rings (SSSR count). The highest BCUT2D eigenvalue weighted by Gasteiger charge is 2.28. The van der Waals surface area contributed by atoms with E-state index in [1.165, 1.54) is 5.57 Å². The predicted molar refractivity (Wildman–Crippen MR) is 61.6 cm³/mol. The molecule has 16 heavy (non-hydrogen) atoms. The summed E-state index contributed by atoms with van der Waals surface area (Å²) in [5.41, 5.74) is 6.50. The minimum absolute atomic E-state index is 0.108. The van der Waals surface area contributed by atoms with E-state index < -0.39 is 11.9 Å². The van der Waals surface area contributed by atoms with Crippen molar-refractivity contribution in [1.29, 1.82) is 0 Å². The zero-order chi connectivity index (χ0) is 12.1. The van der Waals surface area contributed by atoms with Crippen molar-refractivity contribution in [3.8, 4) is 0 Å². The van der Waals surface area contributed by atoms with Crippen molar-refractivity contribution in [1.82, 2.24) is 10.2 Å². The summed E-state index contributed by atoms with van der Waals surface area (Å²) >= 11 is 0. The van der Waals surface area contributed by atoms with Crippen LogP contribution in [0.2, 0.25) is 0 Å². The molecule has 1 fully saturated rings. The smallest absolute Gasteiger partial charge is 0.235 e. The number of amides is 2. The van der Waals surface area contributed by atoms with Crippen molar-refractivity contribution >= 4 is 11.8 Å². The highest BCUT2D eigenvalue weighted by atomic mass is 16.2. The third-order valence-corrected chi connectivity index (χ3v) is 2.60. The summed E-state index contributed by atoms with van der Waals surface area (Å²) in [5.74, 6) is -0.539. The van der Waals surface area contributed by atoms with E-state index in [0.29, 0.717) is 19.6 Å². The van der Waals surface area contributed by atoms with Gasteiger partial charge in [0.25, 0.3) is 0 Å². The van der Waals surface area contributed by atoms with E-state index in [1.807, 2.05) is 24.8 Å². The first-order valence-electron chi connectivity index (χ1n) is 5.44. The molecule has 3 N–H and O–H groups in total. The van der Waals surface area contributed by atoms with Crippen LogP contribution in [-0.2, 0) is 9.59 Å². The van der Waals surface area contributed by atoms with E-state index in [0.717, 1.165) is 0 Å². The summed E-state index contributed by atoms with van der Waals surface area (Å²) in [4.78, 5) is 24.5. The van der Waals surface area contributed by atoms with Crippen LogP contribution in [0.4, 0.5) is 0 Å². The predicted octanol–water partition coefficient (Wildman–Crippen LogP) is -0.372. The Morgan fingerprint density at radius 1 is 1.62 bits per heavy atom. The van der Waals surface area contributed by atoms with Gasteiger partial charge in [-0.15, -0.1) is 0 Å². The molecule has 0 bridgehead atoms. The van der Waals surface area contributed by atoms with Crippen molar-refractivity contribution in [2.24, 2.45) is 5.73 Å². The number of carbonyl (C=O) groups excluding carboxylic acids is 2. The average Bonchev–Trinajstić information content (AvgIpc) is 2.37. The molecule has 5 nitrogen and oxygen atoms in total. The summed E-state index contributed by atoms with van der Waals surface area (Å²) in [6.07, 6.45) is 2.19. The van der Waals surface area contributed by atoms with E-state index >= 15 is 0 Å². The lowest BCUT2D eigenvalue weighted by molar-refractivity contribution is -0.128. The molecule has 0 aliphatic carbocycles. The summed E-state index contributed by atoms with van der Waals surface area (Å²) < 4.78 is 0. The number of nitrogens with two attached hydrogens (primary N) is 1. The topological polar surface area (TPSA) is 75.4 Å². The van der Waals surface area contributed by atoms with Crippen LogP contribution in [0.1, 0.15) is 20.3 Å². The zero-order valence-electron chi connectivity index (χ0n) is 9.82. The van der Waals surface area contributed by atoms with Crippen LogP contribution in [0.5, 0.6) is 0 Å². The van der Waals surface area contributed by atoms with Crippen LogP contribution in [0, 0.1) is 0 Å². The Balaban J connectivity index is 2.73. The molecule has 1 atom stereocenters. The van der Waals surface area contributed by atoms with Crippen molar-refractivity contribution in [2.45, 2.75) is 26.3 Å². The van der Waals surface area contributed by atoms with Crippen LogP contribution in [0.3, 0.4) is 0 Å². The minimum Gasteiger partial charge on any atom is -0.368 e. The lowest BCUT2D eigenvalue weighted by Crippen LogP contribution is -2.45. The molecule has 1 aliphatic heterocycles. The third-order valence-electron chi connectivity index (χ3n) is 2.60. The van der Waals surface area contributed by atoms with Gasteiger partial charge in [-0.1, -0.05) is 11.6 Å². The maximum absolute atomic E-state index is 11.3. The minimum atomic E-state index is -0.488. The van der Waals surface area contributed by atoms with Crippen LogP contribution in [-0.4, -0.2) is 42.4 Å². The van der Waals surface area contributed by atoms with Gasteiger partial charge in [-0.05, 0) is 13.8 Å². The van der Waals surface area contributed by atoms with E-state index in [-0.39, 0.29) is 12.3 Å². The molecule has 1 unspecified atom stereocenters. The number of rotatable bonds is 3. The molecule has 0 aromatic heterocycles. The van der Waals surface area contributed by atoms with E-state index in [2.05, 4.69) is 5.32 Å². The summed E-state index contributed by atoms with van der Waals surface area (Å²) in [7, 11) is 0. The molecule has 1 saturated heterocycles. The van der Waals surface area contributed by atoms with E-state index in [1.54, 1.807) is 0 Å². The second-order valence-electron chi connectivity index (χ2n) is 4.25. The third kappa shape index (κ3) is 3.66. The number of allylic oxidation sites excluding steroid dienone is 1. The summed E-state index contributed by atoms with van der Waals surface area (Å²) in [6.45, 7) is 5.88. The van der Waals surface area contributed by atoms with Crippen molar-refractivity contribution in [2.75, 3.05) is 19.6 Å². The quantitative estimate of drug-likeness (QED) is 0.643. The van der Waals surface area contributed by atoms with Gasteiger partial charge in [-0.3, -0.25) is 14.5 Å². The highest BCUT2D eigenvalue weighted by Crippen LogP contribution is 2.08. The lowest BCUT2D eigenvalue weighted by Gasteiger charge is -2.25. The normalized spacial score (nSPS) is 22.1. The fourth-order valence-corrected chi connectivity index (χ4v) is 1.67. The van der Waals surface area contributed by atoms with Crippen LogP contribution < -0.4 is 11.1 Å². The zero-order valence-corrected chi connectivity index (χ0v) is 9.82. The fourth-order valence-electron chi connectivity index (χ4n) is 1.67. The van der Waals surface area contributed by atoms with E-state index in [4.69, 9.17) is 5.73 Å². The van der Waals surface area contributed by atoms with Gasteiger partial charge in [-0.2, -0.15) is 0 Å². The monoisotopic (exact) mass is 225 g/mol. The molecule has 0 spiro atoms. The average molecular weight is 225 g/mol. The SMILES string of the molecule is CC(C)=CCN1CCNC(=O)CC1C(N)=O. The standard InChI is InChI=1S/C11H19N3O2/c1-8(2)3-5-14-6-4-13-10(15)7-9(14)11(12)16/h3,9H,4-7H2,1-2H3,(H2,12,16)(H,13,15). The van der Waals surface area contributed by atoms with Gasteiger partial charge in [0.2, 0.25) is 11.8 Å². The first kappa shape index (κ1) is 12.7. The largest absolute Gasteiger partial charge is 0.368 e. The van der Waals surface area contributed by atoms with Gasteiger partial charge in [0.1, 0.15) is 0 Å². The molecule has 2 amide bonds. The molecular formula is C11H19N3O2. The van der Waals surface area contributed by atoms with Crippen molar-refractivity contribution < 1.29 is 9.59 Å². The molecule has 5 heteroatoms. The number of hydrogen-bond donors (Lipinski definition) is 2. The van der Waals surface area contributed by atoms with Crippen LogP contribution in [0.15, 0.2) is 11.6 Å². The van der Waals surface area contributed by atoms with Gasteiger partial charge in [-0.25, -0.2) is 0 Å². The molecular weight excluding hydrogens is 206 g/mol. The Hall–Kier alpha value is -1.36. The number of carbonyl (C=O) groups is 2. The Morgan fingerprint density at radius 3 is 2.88 bits per heavy atom. The molecule has 0 aromatic rings. The first-order valence-corrected chi connectivity index (χ1v) is 5.44. The molecule has 0 aromatic carbocycles. The number of nitrogens with zero attached hydrogens (tertiary/aromatic N) is 1. The summed E-state index contributed by atoms with van der Waals surface area (Å²) in [6, 6.07) is -0.488. The second-order valence-corrected chi connectivity index (χ2v) is 4.25. The first-order chi connectivity index (χ1) is 7.50. The fraction of sp³-hybridized carbons (Fsp3) is 0.636. The molecule has 1 aliphatic rings. The molecule has 0 saturated carbocycles. The number of nitrogens with one attached hydrogen (secondary N) is 1. The Kier molecular flexibility index (Phi) is 4.49. The van der Waals surface area contributed by atoms with Gasteiger partial charge < -0.3 is 11.1 Å². The second kappa shape index (κ2) is 5.65. The van der Waals surface area contributed by atoms with Crippen molar-refractivity contribution in [3.63, 3.8) is 0 Å². The van der Waals surface area contributed by atoms with Crippen LogP contribution >= 0.6 is 0 Å². The molecule has 1 heterocycles. The highest BCUT2D eigenvalue weighted by molar-refractivity contribution is 5.87. The van der Waals surface area contributed by atoms with Gasteiger partial charge in [0, 0.05) is 19.6 Å². The van der Waals surface area contributed by atoms with E-state index in [9.17, 15) is 9.59 Å². The lowest BCUT2D eigenvalue weighted by atomic mass is 10.1. The number of hydrogen-bond acceptors (Lipinski definition) is 3. The van der Waals surface area contributed by atoms with Gasteiger partial charge in [0.05, 0.1) is 12.5 Å². The Morgan fingerprint density at radius 2 is 2.31 bits per heavy atom. The molecule has 90 valence electrons. The van der Waals surface area contributed by atoms with Crippen molar-refractivity contribution in [3.05, 3.63) is 11.6 Å². The van der Waals surface area contributed by atoms with Gasteiger partial charge >= 0.3 is 0 Å². The van der Waals surface area contributed by atoms with Crippen LogP contribution in [0.25, 0.3) is 0 Å². The molecule has 0 radical (unpaired) electrons. The Labute approximate surface area is 95.7 Å².